The Morgan fingerprint density at radius 3 is 2.62 bits per heavy atom. The molecule has 0 amide bonds. The summed E-state index contributed by atoms with van der Waals surface area (Å²) in [7, 11) is 0. The average Bonchev–Trinajstić information content (AvgIpc) is 2.85. The highest BCUT2D eigenvalue weighted by atomic mass is 32.1. The van der Waals surface area contributed by atoms with Gasteiger partial charge in [-0.2, -0.15) is 5.10 Å². The number of fused-ring (bicyclic) bond motifs is 1. The molecule has 1 aliphatic carbocycles. The SMILES string of the molecule is C/C(=N\NC(=S)NC1CCCCC1)c1ccc2c(c1)OCCCO2. The molecule has 0 saturated heterocycles. The van der Waals surface area contributed by atoms with E-state index in [0.29, 0.717) is 24.4 Å². The first-order chi connectivity index (χ1) is 11.7. The summed E-state index contributed by atoms with van der Waals surface area (Å²) in [5.41, 5.74) is 4.81. The Morgan fingerprint density at radius 1 is 1.08 bits per heavy atom. The highest BCUT2D eigenvalue weighted by molar-refractivity contribution is 7.80. The lowest BCUT2D eigenvalue weighted by atomic mass is 9.96. The van der Waals surface area contributed by atoms with Gasteiger partial charge >= 0.3 is 0 Å². The van der Waals surface area contributed by atoms with Crippen LogP contribution in [0.4, 0.5) is 0 Å². The van der Waals surface area contributed by atoms with Gasteiger partial charge in [0, 0.05) is 18.0 Å². The van der Waals surface area contributed by atoms with Crippen molar-refractivity contribution in [1.29, 1.82) is 0 Å². The molecule has 1 heterocycles. The molecule has 1 fully saturated rings. The molecule has 1 aromatic carbocycles. The van der Waals surface area contributed by atoms with E-state index < -0.39 is 0 Å². The third-order valence-electron chi connectivity index (χ3n) is 4.43. The molecule has 3 rings (SSSR count). The Hall–Kier alpha value is -1.82. The van der Waals surface area contributed by atoms with Gasteiger partial charge in [0.25, 0.3) is 0 Å². The molecule has 0 radical (unpaired) electrons. The predicted octanol–water partition coefficient (Wildman–Crippen LogP) is 3.37. The second-order valence-electron chi connectivity index (χ2n) is 6.33. The molecule has 0 aromatic heterocycles. The summed E-state index contributed by atoms with van der Waals surface area (Å²) in [6.45, 7) is 3.33. The van der Waals surface area contributed by atoms with Gasteiger partial charge in [0.2, 0.25) is 0 Å². The zero-order valence-corrected chi connectivity index (χ0v) is 15.0. The van der Waals surface area contributed by atoms with Crippen LogP contribution in [0.2, 0.25) is 0 Å². The minimum atomic E-state index is 0.479. The predicted molar refractivity (Wildman–Crippen MR) is 100 cm³/mol. The van der Waals surface area contributed by atoms with Gasteiger partial charge in [-0.25, -0.2) is 0 Å². The van der Waals surface area contributed by atoms with Gasteiger partial charge in [-0.3, -0.25) is 5.43 Å². The first kappa shape index (κ1) is 17.0. The molecular formula is C18H25N3O2S. The van der Waals surface area contributed by atoms with Crippen LogP contribution in [0, 0.1) is 0 Å². The Labute approximate surface area is 148 Å². The molecule has 24 heavy (non-hydrogen) atoms. The van der Waals surface area contributed by atoms with Crippen molar-refractivity contribution in [2.24, 2.45) is 5.10 Å². The largest absolute Gasteiger partial charge is 0.490 e. The molecule has 1 aliphatic heterocycles. The summed E-state index contributed by atoms with van der Waals surface area (Å²) in [6, 6.07) is 6.38. The molecular weight excluding hydrogens is 322 g/mol. The molecule has 0 bridgehead atoms. The lowest BCUT2D eigenvalue weighted by Gasteiger charge is -2.23. The van der Waals surface area contributed by atoms with E-state index in [1.807, 2.05) is 25.1 Å². The highest BCUT2D eigenvalue weighted by Crippen LogP contribution is 2.30. The van der Waals surface area contributed by atoms with Gasteiger partial charge in [0.15, 0.2) is 16.6 Å². The minimum Gasteiger partial charge on any atom is -0.490 e. The number of nitrogens with zero attached hydrogens (tertiary/aromatic N) is 1. The van der Waals surface area contributed by atoms with E-state index in [2.05, 4.69) is 15.8 Å². The number of hydrazone groups is 1. The monoisotopic (exact) mass is 347 g/mol. The Bertz CT molecular complexity index is 612. The van der Waals surface area contributed by atoms with Crippen molar-refractivity contribution >= 4 is 23.0 Å². The van der Waals surface area contributed by atoms with Gasteiger partial charge in [0.05, 0.1) is 18.9 Å². The molecule has 2 aliphatic rings. The van der Waals surface area contributed by atoms with Gasteiger partial charge in [0.1, 0.15) is 0 Å². The van der Waals surface area contributed by atoms with Crippen molar-refractivity contribution in [3.05, 3.63) is 23.8 Å². The maximum atomic E-state index is 5.73. The van der Waals surface area contributed by atoms with Crippen molar-refractivity contribution < 1.29 is 9.47 Å². The number of rotatable bonds is 3. The van der Waals surface area contributed by atoms with Gasteiger partial charge in [-0.1, -0.05) is 19.3 Å². The fourth-order valence-corrected chi connectivity index (χ4v) is 3.26. The van der Waals surface area contributed by atoms with Crippen LogP contribution in [0.1, 0.15) is 51.0 Å². The van der Waals surface area contributed by atoms with Crippen molar-refractivity contribution in [1.82, 2.24) is 10.7 Å². The minimum absolute atomic E-state index is 0.479. The number of hydrogen-bond donors (Lipinski definition) is 2. The Morgan fingerprint density at radius 2 is 1.83 bits per heavy atom. The smallest absolute Gasteiger partial charge is 0.187 e. The van der Waals surface area contributed by atoms with Crippen LogP contribution < -0.4 is 20.2 Å². The maximum Gasteiger partial charge on any atom is 0.187 e. The zero-order valence-electron chi connectivity index (χ0n) is 14.1. The summed E-state index contributed by atoms with van der Waals surface area (Å²) >= 11 is 5.34. The van der Waals surface area contributed by atoms with E-state index in [0.717, 1.165) is 29.2 Å². The van der Waals surface area contributed by atoms with Gasteiger partial charge in [-0.05, 0) is 50.2 Å². The van der Waals surface area contributed by atoms with Crippen molar-refractivity contribution in [3.63, 3.8) is 0 Å². The highest BCUT2D eigenvalue weighted by Gasteiger charge is 2.14. The number of ether oxygens (including phenoxy) is 2. The van der Waals surface area contributed by atoms with E-state index in [1.165, 1.54) is 32.1 Å². The number of thiocarbonyl (C=S) groups is 1. The summed E-state index contributed by atoms with van der Waals surface area (Å²) in [5.74, 6) is 1.58. The van der Waals surface area contributed by atoms with Crippen molar-refractivity contribution in [3.8, 4) is 11.5 Å². The fourth-order valence-electron chi connectivity index (χ4n) is 3.05. The first-order valence-corrected chi connectivity index (χ1v) is 9.14. The summed E-state index contributed by atoms with van der Waals surface area (Å²) in [5, 5.41) is 8.34. The van der Waals surface area contributed by atoms with Crippen LogP contribution in [0.3, 0.4) is 0 Å². The lowest BCUT2D eigenvalue weighted by Crippen LogP contribution is -2.41. The molecule has 130 valence electrons. The molecule has 5 nitrogen and oxygen atoms in total. The fraction of sp³-hybridized carbons (Fsp3) is 0.556. The quantitative estimate of drug-likeness (QED) is 0.499. The summed E-state index contributed by atoms with van der Waals surface area (Å²) in [6.07, 6.45) is 7.17. The normalized spacial score (nSPS) is 18.6. The molecule has 1 saturated carbocycles. The zero-order chi connectivity index (χ0) is 16.8. The van der Waals surface area contributed by atoms with E-state index in [-0.39, 0.29) is 0 Å². The maximum absolute atomic E-state index is 5.73. The number of hydrogen-bond acceptors (Lipinski definition) is 4. The van der Waals surface area contributed by atoms with E-state index in [1.54, 1.807) is 0 Å². The Kier molecular flexibility index (Phi) is 5.91. The number of benzene rings is 1. The second-order valence-corrected chi connectivity index (χ2v) is 6.74. The molecule has 0 spiro atoms. The van der Waals surface area contributed by atoms with Crippen LogP contribution in [-0.2, 0) is 0 Å². The molecule has 0 unspecified atom stereocenters. The summed E-state index contributed by atoms with van der Waals surface area (Å²) < 4.78 is 11.4. The van der Waals surface area contributed by atoms with Crippen LogP contribution >= 0.6 is 12.2 Å². The molecule has 0 atom stereocenters. The molecule has 1 aromatic rings. The lowest BCUT2D eigenvalue weighted by molar-refractivity contribution is 0.297. The Balaban J connectivity index is 1.58. The van der Waals surface area contributed by atoms with Crippen molar-refractivity contribution in [2.45, 2.75) is 51.5 Å². The molecule has 6 heteroatoms. The number of nitrogens with one attached hydrogen (secondary N) is 2. The van der Waals surface area contributed by atoms with Crippen LogP contribution in [-0.4, -0.2) is 30.1 Å². The third kappa shape index (κ3) is 4.60. The van der Waals surface area contributed by atoms with E-state index >= 15 is 0 Å². The van der Waals surface area contributed by atoms with E-state index in [9.17, 15) is 0 Å². The first-order valence-electron chi connectivity index (χ1n) is 8.73. The average molecular weight is 347 g/mol. The van der Waals surface area contributed by atoms with Crippen LogP contribution in [0.5, 0.6) is 11.5 Å². The standard InChI is InChI=1S/C18H25N3O2S/c1-13(20-21-18(24)19-15-6-3-2-4-7-15)14-8-9-16-17(12-14)23-11-5-10-22-16/h8-9,12,15H,2-7,10-11H2,1H3,(H2,19,21,24)/b20-13+. The topological polar surface area (TPSA) is 54.9 Å². The van der Waals surface area contributed by atoms with Crippen molar-refractivity contribution in [2.75, 3.05) is 13.2 Å². The van der Waals surface area contributed by atoms with Crippen LogP contribution in [0.25, 0.3) is 0 Å². The van der Waals surface area contributed by atoms with E-state index in [4.69, 9.17) is 21.7 Å². The van der Waals surface area contributed by atoms with Gasteiger partial charge < -0.3 is 14.8 Å². The third-order valence-corrected chi connectivity index (χ3v) is 4.64. The van der Waals surface area contributed by atoms with Gasteiger partial charge in [-0.15, -0.1) is 0 Å². The second kappa shape index (κ2) is 8.33. The molecule has 2 N–H and O–H groups in total. The summed E-state index contributed by atoms with van der Waals surface area (Å²) in [4.78, 5) is 0. The van der Waals surface area contributed by atoms with Crippen LogP contribution in [0.15, 0.2) is 23.3 Å².